The van der Waals surface area contributed by atoms with Crippen LogP contribution in [0.25, 0.3) is 11.6 Å². The minimum atomic E-state index is -4.87. The third-order valence-electron chi connectivity index (χ3n) is 6.28. The van der Waals surface area contributed by atoms with Crippen molar-refractivity contribution in [2.45, 2.75) is 25.8 Å². The van der Waals surface area contributed by atoms with Crippen LogP contribution in [-0.4, -0.2) is 29.9 Å². The third-order valence-corrected chi connectivity index (χ3v) is 6.70. The molecule has 0 aliphatic heterocycles. The number of furan rings is 1. The van der Waals surface area contributed by atoms with Gasteiger partial charge in [0.05, 0.1) is 27.0 Å². The number of ether oxygens (including phenoxy) is 2. The Bertz CT molecular complexity index is 1340. The second-order valence-corrected chi connectivity index (χ2v) is 9.79. The van der Waals surface area contributed by atoms with Crippen molar-refractivity contribution in [3.63, 3.8) is 0 Å². The lowest BCUT2D eigenvalue weighted by atomic mass is 9.88. The van der Waals surface area contributed by atoms with E-state index in [9.17, 15) is 23.5 Å². The van der Waals surface area contributed by atoms with Crippen molar-refractivity contribution in [2.24, 2.45) is 5.92 Å². The van der Waals surface area contributed by atoms with Crippen LogP contribution in [0.2, 0.25) is 0 Å². The van der Waals surface area contributed by atoms with E-state index in [1.807, 2.05) is 13.0 Å². The lowest BCUT2D eigenvalue weighted by Crippen LogP contribution is -2.25. The Morgan fingerprint density at radius 3 is 2.46 bits per heavy atom. The number of hydrogen-bond donors (Lipinski definition) is 3. The first-order chi connectivity index (χ1) is 17.6. The fourth-order valence-corrected chi connectivity index (χ4v) is 4.99. The number of phosphoric acid groups is 1. The maximum absolute atomic E-state index is 14.2. The lowest BCUT2D eigenvalue weighted by Gasteiger charge is -2.18. The van der Waals surface area contributed by atoms with Gasteiger partial charge in [0.2, 0.25) is 11.7 Å². The number of amides is 1. The highest BCUT2D eigenvalue weighted by atomic mass is 31.2. The molecule has 1 heterocycles. The second kappa shape index (κ2) is 10.8. The third kappa shape index (κ3) is 6.05. The van der Waals surface area contributed by atoms with Crippen LogP contribution in [0.4, 0.5) is 4.39 Å². The van der Waals surface area contributed by atoms with Gasteiger partial charge in [-0.1, -0.05) is 19.1 Å². The molecular formula is C26H27FNO8P. The maximum atomic E-state index is 14.2. The summed E-state index contributed by atoms with van der Waals surface area (Å²) in [5.74, 6) is -0.463. The molecule has 9 nitrogen and oxygen atoms in total. The number of hydrogen-bond acceptors (Lipinski definition) is 6. The van der Waals surface area contributed by atoms with Crippen LogP contribution in [-0.2, 0) is 15.9 Å². The topological polar surface area (TPSA) is 127 Å². The van der Waals surface area contributed by atoms with Crippen LogP contribution in [0, 0.1) is 11.7 Å². The molecule has 2 unspecified atom stereocenters. The molecule has 1 aromatic heterocycles. The Balaban J connectivity index is 1.67. The molecule has 0 spiro atoms. The Labute approximate surface area is 213 Å². The Morgan fingerprint density at radius 2 is 1.86 bits per heavy atom. The van der Waals surface area contributed by atoms with E-state index < -0.39 is 13.6 Å². The van der Waals surface area contributed by atoms with Gasteiger partial charge < -0.3 is 23.7 Å². The number of benzene rings is 2. The van der Waals surface area contributed by atoms with Gasteiger partial charge in [-0.05, 0) is 70.5 Å². The first kappa shape index (κ1) is 26.5. The molecule has 0 radical (unpaired) electrons. The standard InChI is InChI=1S/C26H27FNO8P/c1-15-20(9-16-10-23(33-2)26(24(11-16)34-3)36-37(30,31)32)19-7-6-17(27)12-22(19)21(15)13-25(29)28-14-18-5-4-8-35-18/h4-12,15,21H,13-14H2,1-3H3,(H,28,29)(H2,30,31,32). The number of carbonyl (C=O) groups excluding carboxylic acids is 1. The molecule has 4 rings (SSSR count). The number of rotatable bonds is 9. The molecule has 3 N–H and O–H groups in total. The van der Waals surface area contributed by atoms with Gasteiger partial charge in [0.25, 0.3) is 0 Å². The Morgan fingerprint density at radius 1 is 1.16 bits per heavy atom. The van der Waals surface area contributed by atoms with Gasteiger partial charge in [0.1, 0.15) is 11.6 Å². The lowest BCUT2D eigenvalue weighted by molar-refractivity contribution is -0.121. The molecule has 196 valence electrons. The zero-order chi connectivity index (χ0) is 26.7. The molecule has 0 saturated heterocycles. The number of methoxy groups -OCH3 is 2. The Kier molecular flexibility index (Phi) is 7.73. The highest BCUT2D eigenvalue weighted by Crippen LogP contribution is 2.51. The van der Waals surface area contributed by atoms with E-state index in [2.05, 4.69) is 5.32 Å². The van der Waals surface area contributed by atoms with Gasteiger partial charge in [-0.3, -0.25) is 14.6 Å². The summed E-state index contributed by atoms with van der Waals surface area (Å²) < 4.78 is 46.3. The van der Waals surface area contributed by atoms with Crippen LogP contribution in [0.15, 0.2) is 53.1 Å². The molecule has 0 bridgehead atoms. The molecule has 0 saturated carbocycles. The Hall–Kier alpha value is -3.59. The van der Waals surface area contributed by atoms with E-state index in [1.54, 1.807) is 30.3 Å². The fourth-order valence-electron chi connectivity index (χ4n) is 4.57. The molecule has 2 atom stereocenters. The van der Waals surface area contributed by atoms with Crippen molar-refractivity contribution in [1.82, 2.24) is 5.32 Å². The summed E-state index contributed by atoms with van der Waals surface area (Å²) in [4.78, 5) is 31.3. The number of allylic oxidation sites excluding steroid dienone is 1. The molecule has 1 amide bonds. The first-order valence-corrected chi connectivity index (χ1v) is 12.9. The largest absolute Gasteiger partial charge is 0.525 e. The number of fused-ring (bicyclic) bond motifs is 1. The van der Waals surface area contributed by atoms with E-state index in [0.29, 0.717) is 11.3 Å². The van der Waals surface area contributed by atoms with Gasteiger partial charge in [0.15, 0.2) is 11.5 Å². The van der Waals surface area contributed by atoms with E-state index in [1.165, 1.54) is 32.6 Å². The van der Waals surface area contributed by atoms with Crippen LogP contribution in [0.3, 0.4) is 0 Å². The molecule has 3 aromatic rings. The van der Waals surface area contributed by atoms with Crippen LogP contribution in [0.1, 0.15) is 41.7 Å². The fraction of sp³-hybridized carbons (Fsp3) is 0.269. The predicted molar refractivity (Wildman–Crippen MR) is 134 cm³/mol. The van der Waals surface area contributed by atoms with E-state index >= 15 is 0 Å². The van der Waals surface area contributed by atoms with Crippen molar-refractivity contribution in [2.75, 3.05) is 14.2 Å². The van der Waals surface area contributed by atoms with E-state index in [4.69, 9.17) is 18.4 Å². The number of phosphoric ester groups is 1. The summed E-state index contributed by atoms with van der Waals surface area (Å²) in [6.45, 7) is 2.22. The molecule has 1 aliphatic rings. The van der Waals surface area contributed by atoms with Crippen molar-refractivity contribution >= 4 is 25.4 Å². The molecular weight excluding hydrogens is 504 g/mol. The monoisotopic (exact) mass is 531 g/mol. The highest BCUT2D eigenvalue weighted by Gasteiger charge is 2.35. The predicted octanol–water partition coefficient (Wildman–Crippen LogP) is 4.89. The quantitative estimate of drug-likeness (QED) is 0.333. The summed E-state index contributed by atoms with van der Waals surface area (Å²) in [6, 6.07) is 11.1. The molecule has 1 aliphatic carbocycles. The molecule has 2 aromatic carbocycles. The van der Waals surface area contributed by atoms with Gasteiger partial charge >= 0.3 is 7.82 Å². The molecule has 37 heavy (non-hydrogen) atoms. The highest BCUT2D eigenvalue weighted by molar-refractivity contribution is 7.46. The van der Waals surface area contributed by atoms with Crippen molar-refractivity contribution in [1.29, 1.82) is 0 Å². The van der Waals surface area contributed by atoms with Crippen molar-refractivity contribution in [3.8, 4) is 17.2 Å². The van der Waals surface area contributed by atoms with Crippen molar-refractivity contribution in [3.05, 3.63) is 77.0 Å². The maximum Gasteiger partial charge on any atom is 0.525 e. The molecule has 0 fully saturated rings. The van der Waals surface area contributed by atoms with Crippen LogP contribution >= 0.6 is 7.82 Å². The van der Waals surface area contributed by atoms with Crippen LogP contribution < -0.4 is 19.3 Å². The average molecular weight is 531 g/mol. The van der Waals surface area contributed by atoms with Gasteiger partial charge in [-0.2, -0.15) is 0 Å². The SMILES string of the molecule is COc1cc(C=C2c3ccc(F)cc3C(CC(=O)NCc3ccco3)C2C)cc(OC)c1OP(=O)(O)O. The van der Waals surface area contributed by atoms with E-state index in [-0.39, 0.29) is 48.0 Å². The van der Waals surface area contributed by atoms with Gasteiger partial charge in [0, 0.05) is 6.42 Å². The summed E-state index contributed by atoms with van der Waals surface area (Å²) in [7, 11) is -2.19. The average Bonchev–Trinajstić information content (AvgIpc) is 3.45. The minimum absolute atomic E-state index is 0.0633. The summed E-state index contributed by atoms with van der Waals surface area (Å²) >= 11 is 0. The normalized spacial score (nSPS) is 17.9. The summed E-state index contributed by atoms with van der Waals surface area (Å²) in [5, 5.41) is 2.84. The number of carbonyl (C=O) groups is 1. The van der Waals surface area contributed by atoms with Gasteiger partial charge in [-0.25, -0.2) is 8.96 Å². The summed E-state index contributed by atoms with van der Waals surface area (Å²) in [6.07, 6.45) is 3.54. The van der Waals surface area contributed by atoms with Crippen LogP contribution in [0.5, 0.6) is 17.2 Å². The second-order valence-electron chi connectivity index (χ2n) is 8.62. The summed E-state index contributed by atoms with van der Waals surface area (Å²) in [5.41, 5.74) is 3.01. The van der Waals surface area contributed by atoms with E-state index in [0.717, 1.165) is 16.7 Å². The minimum Gasteiger partial charge on any atom is -0.493 e. The van der Waals surface area contributed by atoms with Gasteiger partial charge in [-0.15, -0.1) is 0 Å². The zero-order valence-electron chi connectivity index (χ0n) is 20.4. The first-order valence-electron chi connectivity index (χ1n) is 11.4. The van der Waals surface area contributed by atoms with Crippen molar-refractivity contribution < 1.29 is 42.0 Å². The smallest absolute Gasteiger partial charge is 0.493 e. The number of halogens is 1. The molecule has 11 heteroatoms. The number of nitrogens with one attached hydrogen (secondary N) is 1. The zero-order valence-corrected chi connectivity index (χ0v) is 21.3.